The number of thioether (sulfide) groups is 1. The summed E-state index contributed by atoms with van der Waals surface area (Å²) in [5.74, 6) is 0.672. The van der Waals surface area contributed by atoms with Crippen LogP contribution in [-0.2, 0) is 4.79 Å². The number of nitrogens with zero attached hydrogens (tertiary/aromatic N) is 3. The molecule has 4 rings (SSSR count). The van der Waals surface area contributed by atoms with Crippen LogP contribution in [0.5, 0.6) is 0 Å². The van der Waals surface area contributed by atoms with E-state index in [0.29, 0.717) is 17.2 Å². The van der Waals surface area contributed by atoms with Crippen molar-refractivity contribution in [2.75, 3.05) is 17.6 Å². The smallest absolute Gasteiger partial charge is 0.233 e. The van der Waals surface area contributed by atoms with Crippen molar-refractivity contribution in [2.45, 2.75) is 64.3 Å². The van der Waals surface area contributed by atoms with E-state index in [1.54, 1.807) is 0 Å². The molecule has 1 aromatic heterocycles. The first-order valence-electron chi connectivity index (χ1n) is 10.2. The van der Waals surface area contributed by atoms with E-state index in [4.69, 9.17) is 0 Å². The number of benzene rings is 1. The van der Waals surface area contributed by atoms with Crippen molar-refractivity contribution in [2.24, 2.45) is 10.8 Å². The van der Waals surface area contributed by atoms with Gasteiger partial charge in [0, 0.05) is 18.3 Å². The Balaban J connectivity index is 1.35. The number of rotatable bonds is 5. The van der Waals surface area contributed by atoms with Crippen molar-refractivity contribution < 1.29 is 4.79 Å². The van der Waals surface area contributed by atoms with Crippen LogP contribution in [-0.4, -0.2) is 39.3 Å². The third kappa shape index (κ3) is 4.45. The van der Waals surface area contributed by atoms with Gasteiger partial charge >= 0.3 is 0 Å². The molecule has 1 aliphatic heterocycles. The van der Waals surface area contributed by atoms with Gasteiger partial charge in [-0.3, -0.25) is 4.79 Å². The van der Waals surface area contributed by atoms with Gasteiger partial charge in [0.2, 0.25) is 11.0 Å². The number of nitrogens with one attached hydrogen (secondary N) is 1. The van der Waals surface area contributed by atoms with Gasteiger partial charge in [0.15, 0.2) is 4.34 Å². The van der Waals surface area contributed by atoms with Gasteiger partial charge in [-0.25, -0.2) is 0 Å². The van der Waals surface area contributed by atoms with E-state index in [9.17, 15) is 4.79 Å². The minimum Gasteiger partial charge on any atom is -0.338 e. The molecule has 7 heteroatoms. The maximum Gasteiger partial charge on any atom is 0.233 e. The molecule has 0 spiro atoms. The van der Waals surface area contributed by atoms with Crippen LogP contribution in [0.2, 0.25) is 0 Å². The van der Waals surface area contributed by atoms with Crippen LogP contribution < -0.4 is 5.32 Å². The van der Waals surface area contributed by atoms with Crippen molar-refractivity contribution in [3.8, 4) is 0 Å². The molecule has 2 heterocycles. The lowest BCUT2D eigenvalue weighted by Crippen LogP contribution is -2.38. The van der Waals surface area contributed by atoms with E-state index >= 15 is 0 Å². The molecule has 5 nitrogen and oxygen atoms in total. The van der Waals surface area contributed by atoms with E-state index in [2.05, 4.69) is 61.1 Å². The molecule has 1 aromatic carbocycles. The molecule has 1 aliphatic carbocycles. The second-order valence-corrected chi connectivity index (χ2v) is 12.0. The summed E-state index contributed by atoms with van der Waals surface area (Å²) < 4.78 is 0.833. The number of aryl methyl sites for hydroxylation is 1. The van der Waals surface area contributed by atoms with Crippen LogP contribution in [0.25, 0.3) is 0 Å². The number of likely N-dealkylation sites (tertiary alicyclic amines) is 1. The molecule has 2 unspecified atom stereocenters. The van der Waals surface area contributed by atoms with Gasteiger partial charge < -0.3 is 10.2 Å². The summed E-state index contributed by atoms with van der Waals surface area (Å²) in [5, 5.41) is 12.6. The lowest BCUT2D eigenvalue weighted by molar-refractivity contribution is -0.129. The van der Waals surface area contributed by atoms with Crippen molar-refractivity contribution in [3.63, 3.8) is 0 Å². The number of hydrogen-bond donors (Lipinski definition) is 1. The second kappa shape index (κ2) is 7.58. The molecule has 0 radical (unpaired) electrons. The number of amides is 1. The van der Waals surface area contributed by atoms with Crippen LogP contribution >= 0.6 is 23.1 Å². The highest BCUT2D eigenvalue weighted by Gasteiger charge is 2.50. The first-order valence-corrected chi connectivity index (χ1v) is 12.0. The number of carbonyl (C=O) groups excluding carboxylic acids is 1. The van der Waals surface area contributed by atoms with E-state index in [0.717, 1.165) is 34.5 Å². The van der Waals surface area contributed by atoms with E-state index in [-0.39, 0.29) is 11.3 Å². The number of carbonyl (C=O) groups is 1. The summed E-state index contributed by atoms with van der Waals surface area (Å²) in [6, 6.07) is 6.58. The zero-order valence-electron chi connectivity index (χ0n) is 17.9. The summed E-state index contributed by atoms with van der Waals surface area (Å²) in [6.07, 6.45) is 3.47. The Morgan fingerprint density at radius 3 is 2.86 bits per heavy atom. The van der Waals surface area contributed by atoms with Crippen LogP contribution in [0.3, 0.4) is 0 Å². The van der Waals surface area contributed by atoms with Crippen molar-refractivity contribution in [3.05, 3.63) is 29.3 Å². The molecule has 2 aromatic rings. The first-order chi connectivity index (χ1) is 13.6. The fraction of sp³-hybridized carbons (Fsp3) is 0.591. The maximum absolute atomic E-state index is 12.9. The van der Waals surface area contributed by atoms with Crippen molar-refractivity contribution >= 4 is 39.8 Å². The van der Waals surface area contributed by atoms with Crippen LogP contribution in [0.4, 0.5) is 10.8 Å². The van der Waals surface area contributed by atoms with Gasteiger partial charge in [0.25, 0.3) is 0 Å². The molecular weight excluding hydrogens is 400 g/mol. The van der Waals surface area contributed by atoms with Gasteiger partial charge in [-0.15, -0.1) is 10.2 Å². The minimum absolute atomic E-state index is 0.237. The second-order valence-electron chi connectivity index (χ2n) is 9.77. The molecule has 2 fully saturated rings. The summed E-state index contributed by atoms with van der Waals surface area (Å²) in [6.45, 7) is 12.1. The Hall–Kier alpha value is -1.60. The average Bonchev–Trinajstić information content (AvgIpc) is 3.17. The number of anilines is 2. The lowest BCUT2D eigenvalue weighted by Gasteiger charge is -2.39. The topological polar surface area (TPSA) is 58.1 Å². The highest BCUT2D eigenvalue weighted by Crippen LogP contribution is 2.52. The first kappa shape index (κ1) is 20.7. The predicted molar refractivity (Wildman–Crippen MR) is 121 cm³/mol. The largest absolute Gasteiger partial charge is 0.338 e. The van der Waals surface area contributed by atoms with Gasteiger partial charge in [-0.1, -0.05) is 56.0 Å². The highest BCUT2D eigenvalue weighted by atomic mass is 32.2. The SMILES string of the molecule is Cc1cccc(Nc2nnc(SCC(=O)N3CC4(C)CC3CC(C)(C)C4)s2)c1C. The quantitative estimate of drug-likeness (QED) is 0.642. The van der Waals surface area contributed by atoms with Crippen molar-refractivity contribution in [1.29, 1.82) is 0 Å². The summed E-state index contributed by atoms with van der Waals surface area (Å²) >= 11 is 3.00. The van der Waals surface area contributed by atoms with Gasteiger partial charge in [0.1, 0.15) is 0 Å². The fourth-order valence-corrected chi connectivity index (χ4v) is 6.93. The molecular formula is C22H30N4OS2. The van der Waals surface area contributed by atoms with Crippen LogP contribution in [0.1, 0.15) is 51.2 Å². The molecule has 1 saturated heterocycles. The molecule has 1 saturated carbocycles. The summed E-state index contributed by atoms with van der Waals surface area (Å²) in [5.41, 5.74) is 4.11. The Morgan fingerprint density at radius 1 is 1.28 bits per heavy atom. The average molecular weight is 431 g/mol. The molecule has 156 valence electrons. The number of aromatic nitrogens is 2. The fourth-order valence-electron chi connectivity index (χ4n) is 5.28. The Bertz CT molecular complexity index is 925. The normalized spacial score (nSPS) is 25.3. The van der Waals surface area contributed by atoms with Crippen LogP contribution in [0.15, 0.2) is 22.5 Å². The van der Waals surface area contributed by atoms with E-state index in [1.165, 1.54) is 40.6 Å². The van der Waals surface area contributed by atoms with Crippen LogP contribution in [0, 0.1) is 24.7 Å². The Morgan fingerprint density at radius 2 is 2.07 bits per heavy atom. The lowest BCUT2D eigenvalue weighted by atomic mass is 9.65. The minimum atomic E-state index is 0.237. The molecule has 2 aliphatic rings. The van der Waals surface area contributed by atoms with Gasteiger partial charge in [-0.2, -0.15) is 0 Å². The molecule has 29 heavy (non-hydrogen) atoms. The zero-order valence-corrected chi connectivity index (χ0v) is 19.5. The molecule has 2 atom stereocenters. The number of hydrogen-bond acceptors (Lipinski definition) is 6. The van der Waals surface area contributed by atoms with Crippen molar-refractivity contribution in [1.82, 2.24) is 15.1 Å². The molecule has 2 bridgehead atoms. The highest BCUT2D eigenvalue weighted by molar-refractivity contribution is 8.01. The van der Waals surface area contributed by atoms with E-state index in [1.807, 2.05) is 12.1 Å². The zero-order chi connectivity index (χ0) is 20.8. The molecule has 1 amide bonds. The summed E-state index contributed by atoms with van der Waals surface area (Å²) in [4.78, 5) is 15.1. The monoisotopic (exact) mass is 430 g/mol. The third-order valence-electron chi connectivity index (χ3n) is 6.31. The number of fused-ring (bicyclic) bond motifs is 2. The standard InChI is InChI=1S/C22H30N4OS2/c1-14-7-6-8-17(15(14)2)23-19-24-25-20(29-19)28-11-18(27)26-13-22(5)10-16(26)9-21(3,4)12-22/h6-8,16H,9-13H2,1-5H3,(H,23,24). The van der Waals surface area contributed by atoms with Gasteiger partial charge in [0.05, 0.1) is 5.75 Å². The molecule has 1 N–H and O–H groups in total. The van der Waals surface area contributed by atoms with Gasteiger partial charge in [-0.05, 0) is 61.1 Å². The Labute approximate surface area is 181 Å². The van der Waals surface area contributed by atoms with E-state index < -0.39 is 0 Å². The predicted octanol–water partition coefficient (Wildman–Crippen LogP) is 5.42. The Kier molecular flexibility index (Phi) is 5.40. The third-order valence-corrected chi connectivity index (χ3v) is 8.26. The summed E-state index contributed by atoms with van der Waals surface area (Å²) in [7, 11) is 0. The maximum atomic E-state index is 12.9.